The number of piperidine rings is 1. The summed E-state index contributed by atoms with van der Waals surface area (Å²) in [5.41, 5.74) is 5.40. The molecule has 2 nitrogen and oxygen atoms in total. The minimum absolute atomic E-state index is 0.362. The molecule has 1 aromatic carbocycles. The van der Waals surface area contributed by atoms with Crippen molar-refractivity contribution in [2.75, 3.05) is 13.1 Å². The normalized spacial score (nSPS) is 21.0. The van der Waals surface area contributed by atoms with Crippen molar-refractivity contribution < 1.29 is 0 Å². The topological polar surface area (TPSA) is 24.9 Å². The Balaban J connectivity index is 1.90. The SMILES string of the molecule is Clc1ccc2c(c1Br)CCc1cc(Br)cnc1C2C1CCNCC1. The zero-order valence-corrected chi connectivity index (χ0v) is 17.2. The van der Waals surface area contributed by atoms with Gasteiger partial charge in [0.05, 0.1) is 10.7 Å². The van der Waals surface area contributed by atoms with Crippen LogP contribution in [0.25, 0.3) is 0 Å². The highest BCUT2D eigenvalue weighted by Gasteiger charge is 2.33. The second kappa shape index (κ2) is 7.06. The highest BCUT2D eigenvalue weighted by molar-refractivity contribution is 9.10. The summed E-state index contributed by atoms with van der Waals surface area (Å²) in [4.78, 5) is 4.87. The van der Waals surface area contributed by atoms with Crippen LogP contribution in [0.3, 0.4) is 0 Å². The molecule has 1 saturated heterocycles. The van der Waals surface area contributed by atoms with Crippen LogP contribution in [0.15, 0.2) is 33.3 Å². The van der Waals surface area contributed by atoms with Gasteiger partial charge in [-0.25, -0.2) is 0 Å². The van der Waals surface area contributed by atoms with Crippen LogP contribution < -0.4 is 5.32 Å². The summed E-state index contributed by atoms with van der Waals surface area (Å²) in [5, 5.41) is 4.29. The smallest absolute Gasteiger partial charge is 0.0551 e. The lowest BCUT2D eigenvalue weighted by atomic mass is 9.77. The van der Waals surface area contributed by atoms with E-state index in [1.165, 1.54) is 35.2 Å². The summed E-state index contributed by atoms with van der Waals surface area (Å²) in [7, 11) is 0. The van der Waals surface area contributed by atoms with Gasteiger partial charge in [-0.3, -0.25) is 4.98 Å². The van der Waals surface area contributed by atoms with Gasteiger partial charge in [0.15, 0.2) is 0 Å². The Hall–Kier alpha value is -0.420. The van der Waals surface area contributed by atoms with Gasteiger partial charge < -0.3 is 5.32 Å². The number of halogens is 3. The number of nitrogens with zero attached hydrogens (tertiary/aromatic N) is 1. The third kappa shape index (κ3) is 3.07. The van der Waals surface area contributed by atoms with Crippen molar-refractivity contribution in [3.05, 3.63) is 60.7 Å². The first-order chi connectivity index (χ1) is 11.6. The molecule has 1 aliphatic carbocycles. The zero-order valence-electron chi connectivity index (χ0n) is 13.3. The van der Waals surface area contributed by atoms with E-state index in [0.29, 0.717) is 11.8 Å². The largest absolute Gasteiger partial charge is 0.317 e. The van der Waals surface area contributed by atoms with E-state index in [1.54, 1.807) is 0 Å². The second-order valence-electron chi connectivity index (χ2n) is 6.69. The highest BCUT2D eigenvalue weighted by Crippen LogP contribution is 2.44. The fourth-order valence-corrected chi connectivity index (χ4v) is 5.30. The van der Waals surface area contributed by atoms with E-state index in [0.717, 1.165) is 39.9 Å². The number of aromatic nitrogens is 1. The molecule has 2 aromatic rings. The van der Waals surface area contributed by atoms with E-state index >= 15 is 0 Å². The number of benzene rings is 1. The second-order valence-corrected chi connectivity index (χ2v) is 8.81. The molecule has 0 bridgehead atoms. The molecule has 1 atom stereocenters. The van der Waals surface area contributed by atoms with Gasteiger partial charge in [0.25, 0.3) is 0 Å². The van der Waals surface area contributed by atoms with E-state index in [-0.39, 0.29) is 0 Å². The third-order valence-corrected chi connectivity index (χ3v) is 7.21. The van der Waals surface area contributed by atoms with Gasteiger partial charge in [-0.2, -0.15) is 0 Å². The predicted molar refractivity (Wildman–Crippen MR) is 106 cm³/mol. The summed E-state index contributed by atoms with van der Waals surface area (Å²) in [6.07, 6.45) is 6.35. The maximum atomic E-state index is 6.39. The van der Waals surface area contributed by atoms with E-state index in [9.17, 15) is 0 Å². The van der Waals surface area contributed by atoms with Crippen molar-refractivity contribution in [1.82, 2.24) is 10.3 Å². The summed E-state index contributed by atoms with van der Waals surface area (Å²) >= 11 is 13.7. The van der Waals surface area contributed by atoms with Crippen LogP contribution in [0.4, 0.5) is 0 Å². The van der Waals surface area contributed by atoms with Crippen molar-refractivity contribution >= 4 is 43.5 Å². The van der Waals surface area contributed by atoms with Crippen molar-refractivity contribution in [3.63, 3.8) is 0 Å². The number of rotatable bonds is 1. The summed E-state index contributed by atoms with van der Waals surface area (Å²) in [6, 6.07) is 6.51. The van der Waals surface area contributed by atoms with Crippen molar-refractivity contribution in [1.29, 1.82) is 0 Å². The van der Waals surface area contributed by atoms with Gasteiger partial charge in [-0.15, -0.1) is 0 Å². The fourth-order valence-electron chi connectivity index (χ4n) is 4.19. The molecule has 24 heavy (non-hydrogen) atoms. The van der Waals surface area contributed by atoms with Crippen LogP contribution in [-0.2, 0) is 12.8 Å². The molecule has 0 spiro atoms. The Morgan fingerprint density at radius 2 is 1.92 bits per heavy atom. The lowest BCUT2D eigenvalue weighted by Crippen LogP contribution is -2.32. The standard InChI is InChI=1S/C19H19Br2ClN2/c20-13-9-12-1-2-15-14(3-4-16(22)18(15)21)17(19(12)24-10-13)11-5-7-23-8-6-11/h3-4,9-11,17,23H,1-2,5-8H2. The first-order valence-corrected chi connectivity index (χ1v) is 10.4. The fraction of sp³-hybridized carbons (Fsp3) is 0.421. The molecule has 1 aromatic heterocycles. The van der Waals surface area contributed by atoms with Crippen LogP contribution >= 0.6 is 43.5 Å². The first kappa shape index (κ1) is 17.0. The molecular formula is C19H19Br2ClN2. The maximum Gasteiger partial charge on any atom is 0.0551 e. The van der Waals surface area contributed by atoms with Gasteiger partial charge in [-0.05, 0) is 105 Å². The molecule has 1 N–H and O–H groups in total. The van der Waals surface area contributed by atoms with Gasteiger partial charge in [0.1, 0.15) is 0 Å². The molecule has 2 heterocycles. The van der Waals surface area contributed by atoms with Crippen molar-refractivity contribution in [2.24, 2.45) is 5.92 Å². The monoisotopic (exact) mass is 468 g/mol. The van der Waals surface area contributed by atoms with Crippen molar-refractivity contribution in [2.45, 2.75) is 31.6 Å². The Kier molecular flexibility index (Phi) is 5.01. The number of hydrogen-bond acceptors (Lipinski definition) is 2. The molecule has 126 valence electrons. The Bertz CT molecular complexity index is 772. The van der Waals surface area contributed by atoms with Crippen molar-refractivity contribution in [3.8, 4) is 0 Å². The van der Waals surface area contributed by atoms with Gasteiger partial charge in [-0.1, -0.05) is 17.7 Å². The van der Waals surface area contributed by atoms with E-state index < -0.39 is 0 Å². The van der Waals surface area contributed by atoms with Crippen LogP contribution in [0.5, 0.6) is 0 Å². The Morgan fingerprint density at radius 1 is 1.12 bits per heavy atom. The quantitative estimate of drug-likeness (QED) is 0.596. The molecule has 1 fully saturated rings. The summed E-state index contributed by atoms with van der Waals surface area (Å²) in [6.45, 7) is 2.19. The van der Waals surface area contributed by atoms with E-state index in [4.69, 9.17) is 16.6 Å². The maximum absolute atomic E-state index is 6.39. The Morgan fingerprint density at radius 3 is 2.71 bits per heavy atom. The van der Waals surface area contributed by atoms with Crippen LogP contribution in [0.2, 0.25) is 5.02 Å². The van der Waals surface area contributed by atoms with Crippen LogP contribution in [0, 0.1) is 5.92 Å². The molecule has 4 rings (SSSR count). The average Bonchev–Trinajstić information content (AvgIpc) is 2.76. The average molecular weight is 471 g/mol. The molecule has 1 unspecified atom stereocenters. The number of aryl methyl sites for hydroxylation is 1. The number of pyridine rings is 1. The molecule has 0 amide bonds. The lowest BCUT2D eigenvalue weighted by molar-refractivity contribution is 0.338. The summed E-state index contributed by atoms with van der Waals surface area (Å²) < 4.78 is 2.13. The minimum Gasteiger partial charge on any atom is -0.317 e. The molecular weight excluding hydrogens is 451 g/mol. The van der Waals surface area contributed by atoms with E-state index in [2.05, 4.69) is 49.3 Å². The zero-order chi connectivity index (χ0) is 16.7. The number of hydrogen-bond donors (Lipinski definition) is 1. The third-order valence-electron chi connectivity index (χ3n) is 5.33. The molecule has 0 radical (unpaired) electrons. The predicted octanol–water partition coefficient (Wildman–Crippen LogP) is 5.49. The van der Waals surface area contributed by atoms with Crippen LogP contribution in [-0.4, -0.2) is 18.1 Å². The number of fused-ring (bicyclic) bond motifs is 2. The number of nitrogens with one attached hydrogen (secondary N) is 1. The van der Waals surface area contributed by atoms with E-state index in [1.807, 2.05) is 12.3 Å². The summed E-state index contributed by atoms with van der Waals surface area (Å²) in [5.74, 6) is 0.991. The highest BCUT2D eigenvalue weighted by atomic mass is 79.9. The molecule has 5 heteroatoms. The Labute approximate surface area is 164 Å². The first-order valence-electron chi connectivity index (χ1n) is 8.47. The van der Waals surface area contributed by atoms with Crippen LogP contribution in [0.1, 0.15) is 41.1 Å². The lowest BCUT2D eigenvalue weighted by Gasteiger charge is -2.32. The van der Waals surface area contributed by atoms with Gasteiger partial charge in [0.2, 0.25) is 0 Å². The molecule has 1 aliphatic heterocycles. The molecule has 0 saturated carbocycles. The van der Waals surface area contributed by atoms with Gasteiger partial charge in [0, 0.05) is 21.1 Å². The van der Waals surface area contributed by atoms with Gasteiger partial charge >= 0.3 is 0 Å². The minimum atomic E-state index is 0.362. The molecule has 2 aliphatic rings.